The van der Waals surface area contributed by atoms with Crippen molar-refractivity contribution in [3.63, 3.8) is 0 Å². The van der Waals surface area contributed by atoms with Crippen LogP contribution in [0.4, 0.5) is 18.9 Å². The molecule has 0 bridgehead atoms. The van der Waals surface area contributed by atoms with E-state index >= 15 is 0 Å². The van der Waals surface area contributed by atoms with Gasteiger partial charge in [-0.2, -0.15) is 13.2 Å². The molecule has 1 heterocycles. The van der Waals surface area contributed by atoms with Crippen molar-refractivity contribution in [3.05, 3.63) is 94.7 Å². The number of nitrogens with one attached hydrogen (secondary N) is 2. The molecule has 3 N–H and O–H groups in total. The lowest BCUT2D eigenvalue weighted by atomic mass is 9.99. The van der Waals surface area contributed by atoms with Crippen LogP contribution < -0.4 is 5.32 Å². The number of carboxylic acid groups (broad SMARTS) is 1. The Bertz CT molecular complexity index is 1030. The summed E-state index contributed by atoms with van der Waals surface area (Å²) >= 11 is 0. The highest BCUT2D eigenvalue weighted by atomic mass is 19.4. The summed E-state index contributed by atoms with van der Waals surface area (Å²) < 4.78 is 37.3. The predicted molar refractivity (Wildman–Crippen MR) is 110 cm³/mol. The van der Waals surface area contributed by atoms with Crippen LogP contribution in [0.25, 0.3) is 16.9 Å². The summed E-state index contributed by atoms with van der Waals surface area (Å²) in [5.74, 6) is -1.12. The third-order valence-corrected chi connectivity index (χ3v) is 4.77. The molecule has 0 saturated heterocycles. The van der Waals surface area contributed by atoms with E-state index in [4.69, 9.17) is 10.8 Å². The van der Waals surface area contributed by atoms with E-state index in [1.54, 1.807) is 18.2 Å². The minimum atomic E-state index is -4.40. The van der Waals surface area contributed by atoms with E-state index in [-0.39, 0.29) is 5.56 Å². The number of alkyl halides is 3. The summed E-state index contributed by atoms with van der Waals surface area (Å²) in [5.41, 5.74) is 10.9. The van der Waals surface area contributed by atoms with Crippen LogP contribution in [0.5, 0.6) is 0 Å². The van der Waals surface area contributed by atoms with Crippen molar-refractivity contribution in [2.24, 2.45) is 0 Å². The number of rotatable bonds is 2. The minimum Gasteiger partial charge on any atom is -0.699 e. The SMILES string of the molecule is O=C(O)c1ccccc1-c1ccc(C(F)(F)F)cc1.[NH-]c1ccc2c(c1)CCNC2. The van der Waals surface area contributed by atoms with Crippen LogP contribution >= 0.6 is 0 Å². The molecular formula is C23H20F3N2O2-. The van der Waals surface area contributed by atoms with Crippen molar-refractivity contribution in [1.29, 1.82) is 0 Å². The molecule has 7 heteroatoms. The first-order valence-corrected chi connectivity index (χ1v) is 9.30. The fourth-order valence-electron chi connectivity index (χ4n) is 3.24. The van der Waals surface area contributed by atoms with Gasteiger partial charge < -0.3 is 16.2 Å². The Morgan fingerprint density at radius 3 is 2.33 bits per heavy atom. The van der Waals surface area contributed by atoms with Gasteiger partial charge in [0.15, 0.2) is 0 Å². The summed E-state index contributed by atoms with van der Waals surface area (Å²) in [6.07, 6.45) is -3.33. The first-order chi connectivity index (χ1) is 14.3. The average Bonchev–Trinajstić information content (AvgIpc) is 2.73. The second-order valence-corrected chi connectivity index (χ2v) is 6.84. The molecule has 0 unspecified atom stereocenters. The highest BCUT2D eigenvalue weighted by Gasteiger charge is 2.30. The summed E-state index contributed by atoms with van der Waals surface area (Å²) in [6, 6.07) is 16.5. The van der Waals surface area contributed by atoms with Gasteiger partial charge in [0.05, 0.1) is 11.1 Å². The summed E-state index contributed by atoms with van der Waals surface area (Å²) in [4.78, 5) is 11.0. The van der Waals surface area contributed by atoms with Gasteiger partial charge in [-0.1, -0.05) is 48.5 Å². The Hall–Kier alpha value is -3.32. The number of carbonyl (C=O) groups is 1. The fraction of sp³-hybridized carbons (Fsp3) is 0.174. The Morgan fingerprint density at radius 1 is 0.967 bits per heavy atom. The lowest BCUT2D eigenvalue weighted by Crippen LogP contribution is -2.23. The van der Waals surface area contributed by atoms with Gasteiger partial charge in [-0.05, 0) is 53.4 Å². The van der Waals surface area contributed by atoms with E-state index in [0.29, 0.717) is 16.8 Å². The lowest BCUT2D eigenvalue weighted by Gasteiger charge is -2.18. The topological polar surface area (TPSA) is 73.1 Å². The van der Waals surface area contributed by atoms with Crippen molar-refractivity contribution in [2.75, 3.05) is 6.54 Å². The molecule has 1 aliphatic rings. The summed E-state index contributed by atoms with van der Waals surface area (Å²) in [5, 5.41) is 12.3. The van der Waals surface area contributed by atoms with Gasteiger partial charge >= 0.3 is 12.1 Å². The number of carboxylic acids is 1. The Balaban J connectivity index is 0.000000196. The molecule has 0 saturated carbocycles. The zero-order valence-electron chi connectivity index (χ0n) is 16.0. The van der Waals surface area contributed by atoms with Crippen LogP contribution in [-0.2, 0) is 19.1 Å². The zero-order valence-corrected chi connectivity index (χ0v) is 16.0. The van der Waals surface area contributed by atoms with Crippen molar-refractivity contribution in [2.45, 2.75) is 19.1 Å². The molecule has 0 amide bonds. The lowest BCUT2D eigenvalue weighted by molar-refractivity contribution is -0.137. The minimum absolute atomic E-state index is 0.0576. The van der Waals surface area contributed by atoms with Crippen LogP contribution in [0.15, 0.2) is 66.7 Å². The van der Waals surface area contributed by atoms with Crippen molar-refractivity contribution in [1.82, 2.24) is 5.32 Å². The molecule has 0 aromatic heterocycles. The maximum Gasteiger partial charge on any atom is 0.416 e. The number of hydrogen-bond donors (Lipinski definition) is 2. The van der Waals surface area contributed by atoms with Gasteiger partial charge in [-0.3, -0.25) is 0 Å². The number of benzene rings is 3. The molecule has 30 heavy (non-hydrogen) atoms. The van der Waals surface area contributed by atoms with Crippen LogP contribution in [0.3, 0.4) is 0 Å². The van der Waals surface area contributed by atoms with Crippen molar-refractivity contribution < 1.29 is 23.1 Å². The number of aromatic carboxylic acids is 1. The maximum atomic E-state index is 12.4. The number of hydrogen-bond acceptors (Lipinski definition) is 2. The van der Waals surface area contributed by atoms with E-state index in [1.165, 1.54) is 29.3 Å². The Labute approximate surface area is 172 Å². The van der Waals surface area contributed by atoms with Crippen LogP contribution in [-0.4, -0.2) is 17.6 Å². The van der Waals surface area contributed by atoms with Gasteiger partial charge in [0.1, 0.15) is 0 Å². The van der Waals surface area contributed by atoms with E-state index in [2.05, 4.69) is 5.32 Å². The Morgan fingerprint density at radius 2 is 1.67 bits per heavy atom. The quantitative estimate of drug-likeness (QED) is 0.534. The first kappa shape index (κ1) is 21.4. The van der Waals surface area contributed by atoms with E-state index in [9.17, 15) is 18.0 Å². The van der Waals surface area contributed by atoms with E-state index in [1.807, 2.05) is 18.2 Å². The van der Waals surface area contributed by atoms with Crippen LogP contribution in [0, 0.1) is 0 Å². The highest BCUT2D eigenvalue weighted by molar-refractivity contribution is 5.95. The number of halogens is 3. The third kappa shape index (κ3) is 5.18. The largest absolute Gasteiger partial charge is 0.699 e. The van der Waals surface area contributed by atoms with Gasteiger partial charge in [0.25, 0.3) is 0 Å². The molecule has 3 aromatic carbocycles. The van der Waals surface area contributed by atoms with E-state index < -0.39 is 17.7 Å². The smallest absolute Gasteiger partial charge is 0.416 e. The van der Waals surface area contributed by atoms with Gasteiger partial charge in [-0.15, -0.1) is 5.69 Å². The van der Waals surface area contributed by atoms with Crippen LogP contribution in [0.1, 0.15) is 27.0 Å². The normalized spacial score (nSPS) is 13.0. The molecule has 0 aliphatic carbocycles. The van der Waals surface area contributed by atoms with E-state index in [0.717, 1.165) is 31.6 Å². The standard InChI is InChI=1S/C14H9F3O2.C9H11N2/c15-14(16,17)10-7-5-9(6-8-10)11-3-1-2-4-12(11)13(18)19;10-9-2-1-8-6-11-4-3-7(8)5-9/h1-8H,(H,18,19);1-2,5,10-11H,3-4,6H2/q;-1. The highest BCUT2D eigenvalue weighted by Crippen LogP contribution is 2.31. The second-order valence-electron chi connectivity index (χ2n) is 6.84. The molecule has 3 aromatic rings. The average molecular weight is 413 g/mol. The van der Waals surface area contributed by atoms with Gasteiger partial charge in [0.2, 0.25) is 0 Å². The first-order valence-electron chi connectivity index (χ1n) is 9.30. The second kappa shape index (κ2) is 9.00. The molecule has 156 valence electrons. The molecular weight excluding hydrogens is 393 g/mol. The fourth-order valence-corrected chi connectivity index (χ4v) is 3.24. The molecule has 0 atom stereocenters. The molecule has 0 spiro atoms. The molecule has 1 aliphatic heterocycles. The molecule has 4 nitrogen and oxygen atoms in total. The predicted octanol–water partition coefficient (Wildman–Crippen LogP) is 6.09. The van der Waals surface area contributed by atoms with Gasteiger partial charge in [-0.25, -0.2) is 4.79 Å². The number of fused-ring (bicyclic) bond motifs is 1. The zero-order chi connectivity index (χ0) is 21.7. The summed E-state index contributed by atoms with van der Waals surface area (Å²) in [7, 11) is 0. The Kier molecular flexibility index (Phi) is 6.42. The summed E-state index contributed by atoms with van der Waals surface area (Å²) in [6.45, 7) is 2.02. The molecule has 0 fully saturated rings. The van der Waals surface area contributed by atoms with Gasteiger partial charge in [0, 0.05) is 6.54 Å². The van der Waals surface area contributed by atoms with Crippen molar-refractivity contribution >= 4 is 11.7 Å². The monoisotopic (exact) mass is 413 g/mol. The third-order valence-electron chi connectivity index (χ3n) is 4.77. The molecule has 0 radical (unpaired) electrons. The maximum absolute atomic E-state index is 12.4. The van der Waals surface area contributed by atoms with Crippen molar-refractivity contribution in [3.8, 4) is 11.1 Å². The van der Waals surface area contributed by atoms with Crippen LogP contribution in [0.2, 0.25) is 0 Å². The molecule has 4 rings (SSSR count).